The monoisotopic (exact) mass is 221 g/mol. The Morgan fingerprint density at radius 1 is 1.31 bits per heavy atom. The van der Waals surface area contributed by atoms with Gasteiger partial charge in [0.15, 0.2) is 0 Å². The maximum absolute atomic E-state index is 11.5. The largest absolute Gasteiger partial charge is 0.508 e. The lowest BCUT2D eigenvalue weighted by Gasteiger charge is -2.17. The number of amides is 1. The number of carbonyl (C=O) groups is 2. The van der Waals surface area contributed by atoms with Gasteiger partial charge in [0.2, 0.25) is 5.91 Å². The van der Waals surface area contributed by atoms with Crippen molar-refractivity contribution in [3.8, 4) is 5.75 Å². The van der Waals surface area contributed by atoms with Gasteiger partial charge in [0.1, 0.15) is 11.5 Å². The van der Waals surface area contributed by atoms with Crippen molar-refractivity contribution in [2.45, 2.75) is 19.9 Å². The predicted molar refractivity (Wildman–Crippen MR) is 59.9 cm³/mol. The Labute approximate surface area is 94.5 Å². The van der Waals surface area contributed by atoms with Crippen LogP contribution >= 0.6 is 0 Å². The van der Waals surface area contributed by atoms with Gasteiger partial charge in [-0.25, -0.2) is 0 Å². The summed E-state index contributed by atoms with van der Waals surface area (Å²) in [7, 11) is 1.61. The van der Waals surface area contributed by atoms with Gasteiger partial charge in [-0.05, 0) is 13.0 Å². The van der Waals surface area contributed by atoms with Gasteiger partial charge in [0.05, 0.1) is 6.42 Å². The summed E-state index contributed by atoms with van der Waals surface area (Å²) >= 11 is 0. The summed E-state index contributed by atoms with van der Waals surface area (Å²) in [5.41, 5.74) is 0.668. The number of phenols is 1. The molecule has 0 aliphatic rings. The second-order valence-electron chi connectivity index (χ2n) is 3.76. The Morgan fingerprint density at radius 3 is 2.50 bits per heavy atom. The van der Waals surface area contributed by atoms with Crippen LogP contribution in [-0.2, 0) is 16.1 Å². The number of nitrogens with zero attached hydrogens (tertiary/aromatic N) is 1. The highest BCUT2D eigenvalue weighted by Crippen LogP contribution is 2.17. The third-order valence-corrected chi connectivity index (χ3v) is 2.23. The maximum Gasteiger partial charge on any atom is 0.230 e. The van der Waals surface area contributed by atoms with Crippen LogP contribution in [0.2, 0.25) is 0 Å². The molecule has 0 radical (unpaired) electrons. The molecule has 0 spiro atoms. The molecule has 1 aromatic rings. The molecule has 0 atom stereocenters. The lowest BCUT2D eigenvalue weighted by molar-refractivity contribution is -0.134. The maximum atomic E-state index is 11.5. The van der Waals surface area contributed by atoms with Crippen molar-refractivity contribution in [1.29, 1.82) is 0 Å². The van der Waals surface area contributed by atoms with E-state index in [1.54, 1.807) is 31.3 Å². The predicted octanol–water partition coefficient (Wildman–Crippen LogP) is 1.33. The minimum atomic E-state index is -0.240. The third-order valence-electron chi connectivity index (χ3n) is 2.23. The first kappa shape index (κ1) is 12.2. The molecule has 0 heterocycles. The van der Waals surface area contributed by atoms with Crippen molar-refractivity contribution in [3.63, 3.8) is 0 Å². The molecule has 0 aliphatic heterocycles. The van der Waals surface area contributed by atoms with E-state index in [9.17, 15) is 14.7 Å². The fourth-order valence-electron chi connectivity index (χ4n) is 1.34. The van der Waals surface area contributed by atoms with E-state index in [-0.39, 0.29) is 23.9 Å². The van der Waals surface area contributed by atoms with E-state index in [0.717, 1.165) is 0 Å². The molecule has 1 N–H and O–H groups in total. The average molecular weight is 221 g/mol. The molecule has 1 amide bonds. The first-order valence-electron chi connectivity index (χ1n) is 5.01. The number of benzene rings is 1. The topological polar surface area (TPSA) is 57.6 Å². The van der Waals surface area contributed by atoms with E-state index in [1.807, 2.05) is 0 Å². The van der Waals surface area contributed by atoms with Gasteiger partial charge in [-0.2, -0.15) is 0 Å². The van der Waals surface area contributed by atoms with Crippen molar-refractivity contribution < 1.29 is 14.7 Å². The second-order valence-corrected chi connectivity index (χ2v) is 3.76. The molecule has 0 aliphatic carbocycles. The SMILES string of the molecule is CC(=O)CC(=O)N(C)Cc1ccccc1O. The summed E-state index contributed by atoms with van der Waals surface area (Å²) in [5.74, 6) is -0.241. The van der Waals surface area contributed by atoms with Crippen LogP contribution in [-0.4, -0.2) is 28.7 Å². The highest BCUT2D eigenvalue weighted by molar-refractivity contribution is 5.96. The lowest BCUT2D eigenvalue weighted by atomic mass is 10.2. The van der Waals surface area contributed by atoms with Crippen LogP contribution in [0.4, 0.5) is 0 Å². The molecule has 0 fully saturated rings. The van der Waals surface area contributed by atoms with Crippen LogP contribution in [0.15, 0.2) is 24.3 Å². The van der Waals surface area contributed by atoms with Gasteiger partial charge >= 0.3 is 0 Å². The van der Waals surface area contributed by atoms with Crippen LogP contribution in [0.25, 0.3) is 0 Å². The van der Waals surface area contributed by atoms with Crippen molar-refractivity contribution in [1.82, 2.24) is 4.90 Å². The Kier molecular flexibility index (Phi) is 4.05. The molecule has 4 nitrogen and oxygen atoms in total. The van der Waals surface area contributed by atoms with Crippen molar-refractivity contribution in [3.05, 3.63) is 29.8 Å². The zero-order valence-corrected chi connectivity index (χ0v) is 9.43. The van der Waals surface area contributed by atoms with Crippen molar-refractivity contribution >= 4 is 11.7 Å². The van der Waals surface area contributed by atoms with Gasteiger partial charge in [0, 0.05) is 19.2 Å². The van der Waals surface area contributed by atoms with Crippen LogP contribution in [0.3, 0.4) is 0 Å². The van der Waals surface area contributed by atoms with Gasteiger partial charge in [0.25, 0.3) is 0 Å². The first-order valence-corrected chi connectivity index (χ1v) is 5.01. The van der Waals surface area contributed by atoms with Gasteiger partial charge < -0.3 is 10.0 Å². The average Bonchev–Trinajstić information content (AvgIpc) is 2.20. The summed E-state index contributed by atoms with van der Waals surface area (Å²) in [5, 5.41) is 9.52. The highest BCUT2D eigenvalue weighted by atomic mass is 16.3. The van der Waals surface area contributed by atoms with Crippen molar-refractivity contribution in [2.24, 2.45) is 0 Å². The standard InChI is InChI=1S/C12H15NO3/c1-9(14)7-12(16)13(2)8-10-5-3-4-6-11(10)15/h3-6,15H,7-8H2,1-2H3. The molecule has 0 saturated carbocycles. The summed E-state index contributed by atoms with van der Waals surface area (Å²) in [6, 6.07) is 6.82. The normalized spacial score (nSPS) is 9.88. The summed E-state index contributed by atoms with van der Waals surface area (Å²) in [6.45, 7) is 1.69. The molecular weight excluding hydrogens is 206 g/mol. The number of para-hydroxylation sites is 1. The molecule has 0 saturated heterocycles. The van der Waals surface area contributed by atoms with E-state index in [4.69, 9.17) is 0 Å². The molecule has 16 heavy (non-hydrogen) atoms. The summed E-state index contributed by atoms with van der Waals surface area (Å²) < 4.78 is 0. The molecule has 0 bridgehead atoms. The van der Waals surface area contributed by atoms with Crippen LogP contribution < -0.4 is 0 Å². The van der Waals surface area contributed by atoms with Crippen LogP contribution in [0, 0.1) is 0 Å². The quantitative estimate of drug-likeness (QED) is 0.780. The molecule has 1 rings (SSSR count). The summed E-state index contributed by atoms with van der Waals surface area (Å²) in [6.07, 6.45) is -0.0932. The van der Waals surface area contributed by atoms with E-state index in [0.29, 0.717) is 12.1 Å². The zero-order chi connectivity index (χ0) is 12.1. The Bertz CT molecular complexity index is 401. The second kappa shape index (κ2) is 5.30. The molecule has 4 heteroatoms. The number of hydrogen-bond acceptors (Lipinski definition) is 3. The van der Waals surface area contributed by atoms with E-state index in [2.05, 4.69) is 0 Å². The number of ketones is 1. The zero-order valence-electron chi connectivity index (χ0n) is 9.43. The minimum absolute atomic E-state index is 0.0932. The molecule has 0 unspecified atom stereocenters. The smallest absolute Gasteiger partial charge is 0.230 e. The van der Waals surface area contributed by atoms with Gasteiger partial charge in [-0.1, -0.05) is 18.2 Å². The molecule has 86 valence electrons. The van der Waals surface area contributed by atoms with Crippen molar-refractivity contribution in [2.75, 3.05) is 7.05 Å². The number of aromatic hydroxyl groups is 1. The Balaban J connectivity index is 2.64. The number of Topliss-reactive ketones (excluding diaryl/α,β-unsaturated/α-hetero) is 1. The number of rotatable bonds is 4. The lowest BCUT2D eigenvalue weighted by Crippen LogP contribution is -2.27. The van der Waals surface area contributed by atoms with E-state index in [1.165, 1.54) is 11.8 Å². The fraction of sp³-hybridized carbons (Fsp3) is 0.333. The molecule has 0 aromatic heterocycles. The van der Waals surface area contributed by atoms with Crippen LogP contribution in [0.1, 0.15) is 18.9 Å². The Morgan fingerprint density at radius 2 is 1.94 bits per heavy atom. The Hall–Kier alpha value is -1.84. The van der Waals surface area contributed by atoms with Crippen LogP contribution in [0.5, 0.6) is 5.75 Å². The number of carbonyl (C=O) groups excluding carboxylic acids is 2. The summed E-state index contributed by atoms with van der Waals surface area (Å²) in [4.78, 5) is 23.7. The van der Waals surface area contributed by atoms with Gasteiger partial charge in [-0.3, -0.25) is 9.59 Å². The molecular formula is C12H15NO3. The number of phenolic OH excluding ortho intramolecular Hbond substituents is 1. The van der Waals surface area contributed by atoms with E-state index < -0.39 is 0 Å². The van der Waals surface area contributed by atoms with Gasteiger partial charge in [-0.15, -0.1) is 0 Å². The third kappa shape index (κ3) is 3.38. The van der Waals surface area contributed by atoms with E-state index >= 15 is 0 Å². The first-order chi connectivity index (χ1) is 7.50. The highest BCUT2D eigenvalue weighted by Gasteiger charge is 2.12. The fourth-order valence-corrected chi connectivity index (χ4v) is 1.34. The minimum Gasteiger partial charge on any atom is -0.508 e. The molecule has 1 aromatic carbocycles. The number of hydrogen-bond donors (Lipinski definition) is 1.